The van der Waals surface area contributed by atoms with Gasteiger partial charge in [-0.2, -0.15) is 5.10 Å². The van der Waals surface area contributed by atoms with Crippen molar-refractivity contribution in [1.29, 1.82) is 0 Å². The second kappa shape index (κ2) is 11.7. The smallest absolute Gasteiger partial charge is 0.343 e. The van der Waals surface area contributed by atoms with Crippen LogP contribution >= 0.6 is 50.1 Å². The van der Waals surface area contributed by atoms with Gasteiger partial charge in [0.25, 0.3) is 5.91 Å². The molecule has 39 heavy (non-hydrogen) atoms. The van der Waals surface area contributed by atoms with Crippen molar-refractivity contribution in [1.82, 2.24) is 10.4 Å². The van der Waals surface area contributed by atoms with E-state index in [-0.39, 0.29) is 0 Å². The number of hydrogen-bond acceptors (Lipinski definition) is 4. The van der Waals surface area contributed by atoms with E-state index in [1.165, 1.54) is 6.21 Å². The number of hydrogen-bond donors (Lipinski definition) is 2. The predicted octanol–water partition coefficient (Wildman–Crippen LogP) is 8.15. The van der Waals surface area contributed by atoms with Crippen molar-refractivity contribution in [3.05, 3.63) is 120 Å². The molecule has 0 aliphatic heterocycles. The highest BCUT2D eigenvalue weighted by molar-refractivity contribution is 14.1. The van der Waals surface area contributed by atoms with Crippen molar-refractivity contribution in [2.24, 2.45) is 5.10 Å². The lowest BCUT2D eigenvalue weighted by Crippen LogP contribution is -2.19. The zero-order chi connectivity index (χ0) is 27.5. The first-order valence-corrected chi connectivity index (χ1v) is 14.0. The van der Waals surface area contributed by atoms with Gasteiger partial charge < -0.3 is 9.72 Å². The number of esters is 1. The average Bonchev–Trinajstić information content (AvgIpc) is 3.29. The van der Waals surface area contributed by atoms with Crippen LogP contribution in [0.2, 0.25) is 5.02 Å². The van der Waals surface area contributed by atoms with Crippen LogP contribution < -0.4 is 10.2 Å². The number of aryl methyl sites for hydroxylation is 1. The van der Waals surface area contributed by atoms with E-state index in [0.717, 1.165) is 30.1 Å². The first-order chi connectivity index (χ1) is 18.8. The molecular weight excluding hydrogens is 693 g/mol. The summed E-state index contributed by atoms with van der Waals surface area (Å²) in [5, 5.41) is 5.58. The molecule has 0 aliphatic rings. The van der Waals surface area contributed by atoms with E-state index in [9.17, 15) is 9.59 Å². The van der Waals surface area contributed by atoms with E-state index in [4.69, 9.17) is 16.3 Å². The minimum Gasteiger partial charge on any atom is -0.422 e. The Morgan fingerprint density at radius 1 is 1.03 bits per heavy atom. The summed E-state index contributed by atoms with van der Waals surface area (Å²) in [6.45, 7) is 1.91. The van der Waals surface area contributed by atoms with Crippen LogP contribution in [0.4, 0.5) is 0 Å². The SMILES string of the molecule is Cc1cccc(C(=O)Oc2ccc(Br)cc2C=NNC(=O)c2[nH]c3ccc(I)cc3c2-c2ccccc2Cl)c1. The second-order valence-electron chi connectivity index (χ2n) is 8.69. The molecule has 1 amide bonds. The third kappa shape index (κ3) is 6.08. The van der Waals surface area contributed by atoms with Crippen molar-refractivity contribution >= 4 is 79.1 Å². The molecule has 0 spiro atoms. The Bertz CT molecular complexity index is 1770. The lowest BCUT2D eigenvalue weighted by Gasteiger charge is -2.09. The number of nitrogens with zero attached hydrogens (tertiary/aromatic N) is 1. The molecule has 0 aliphatic carbocycles. The highest BCUT2D eigenvalue weighted by atomic mass is 127. The number of rotatable bonds is 6. The number of carbonyl (C=O) groups is 2. The zero-order valence-corrected chi connectivity index (χ0v) is 25.0. The molecule has 0 saturated heterocycles. The molecule has 5 rings (SSSR count). The number of amides is 1. The Hall–Kier alpha value is -3.47. The molecule has 1 heterocycles. The maximum absolute atomic E-state index is 13.3. The number of halogens is 3. The Balaban J connectivity index is 1.43. The van der Waals surface area contributed by atoms with Crippen molar-refractivity contribution in [3.8, 4) is 16.9 Å². The number of fused-ring (bicyclic) bond motifs is 1. The van der Waals surface area contributed by atoms with E-state index in [0.29, 0.717) is 33.2 Å². The molecule has 0 unspecified atom stereocenters. The number of hydrazone groups is 1. The summed E-state index contributed by atoms with van der Waals surface area (Å²) in [6.07, 6.45) is 1.43. The third-order valence-electron chi connectivity index (χ3n) is 5.93. The molecule has 0 fully saturated rings. The third-order valence-corrected chi connectivity index (χ3v) is 7.42. The van der Waals surface area contributed by atoms with Crippen LogP contribution in [0.5, 0.6) is 5.75 Å². The van der Waals surface area contributed by atoms with Gasteiger partial charge in [-0.1, -0.05) is 63.4 Å². The van der Waals surface area contributed by atoms with Crippen LogP contribution in [0.25, 0.3) is 22.0 Å². The van der Waals surface area contributed by atoms with Crippen molar-refractivity contribution in [2.45, 2.75) is 6.92 Å². The van der Waals surface area contributed by atoms with Gasteiger partial charge in [-0.05, 0) is 84.1 Å². The molecule has 2 N–H and O–H groups in total. The van der Waals surface area contributed by atoms with Gasteiger partial charge in [0.2, 0.25) is 0 Å². The molecule has 6 nitrogen and oxygen atoms in total. The maximum atomic E-state index is 13.3. The van der Waals surface area contributed by atoms with Gasteiger partial charge in [-0.15, -0.1) is 0 Å². The van der Waals surface area contributed by atoms with E-state index >= 15 is 0 Å². The Morgan fingerprint density at radius 2 is 1.85 bits per heavy atom. The summed E-state index contributed by atoms with van der Waals surface area (Å²) < 4.78 is 7.43. The molecule has 0 radical (unpaired) electrons. The van der Waals surface area contributed by atoms with Gasteiger partial charge in [0, 0.05) is 40.7 Å². The number of H-pyrrole nitrogens is 1. The number of carbonyl (C=O) groups excluding carboxylic acids is 2. The number of aromatic nitrogens is 1. The first-order valence-electron chi connectivity index (χ1n) is 11.8. The molecule has 0 atom stereocenters. The van der Waals surface area contributed by atoms with Crippen LogP contribution in [-0.4, -0.2) is 23.1 Å². The van der Waals surface area contributed by atoms with Gasteiger partial charge in [-0.25, -0.2) is 10.2 Å². The monoisotopic (exact) mass is 711 g/mol. The molecule has 5 aromatic rings. The molecule has 9 heteroatoms. The molecular formula is C30H20BrClIN3O3. The second-order valence-corrected chi connectivity index (χ2v) is 11.3. The summed E-state index contributed by atoms with van der Waals surface area (Å²) in [6, 6.07) is 25.6. The largest absolute Gasteiger partial charge is 0.422 e. The molecule has 1 aromatic heterocycles. The van der Waals surface area contributed by atoms with Gasteiger partial charge >= 0.3 is 5.97 Å². The lowest BCUT2D eigenvalue weighted by atomic mass is 10.0. The first kappa shape index (κ1) is 27.1. The normalized spacial score (nSPS) is 11.2. The van der Waals surface area contributed by atoms with Crippen molar-refractivity contribution in [3.63, 3.8) is 0 Å². The Kier molecular flexibility index (Phi) is 8.15. The summed E-state index contributed by atoms with van der Waals surface area (Å²) >= 11 is 12.2. The number of benzene rings is 4. The standard InChI is InChI=1S/C30H20BrClIN3O3/c1-17-5-4-6-18(13-17)30(38)39-26-12-9-20(31)14-19(26)16-34-36-29(37)28-27(22-7-2-3-8-24(22)32)23-15-21(33)10-11-25(23)35-28/h2-16,35H,1H3,(H,36,37). The summed E-state index contributed by atoms with van der Waals surface area (Å²) in [4.78, 5) is 29.3. The van der Waals surface area contributed by atoms with Crippen molar-refractivity contribution < 1.29 is 14.3 Å². The van der Waals surface area contributed by atoms with E-state index < -0.39 is 11.9 Å². The number of aromatic amines is 1. The average molecular weight is 713 g/mol. The Labute approximate surface area is 251 Å². The van der Waals surface area contributed by atoms with Crippen LogP contribution in [0.1, 0.15) is 32.0 Å². The predicted molar refractivity (Wildman–Crippen MR) is 167 cm³/mol. The van der Waals surface area contributed by atoms with E-state index in [1.54, 1.807) is 42.5 Å². The fourth-order valence-corrected chi connectivity index (χ4v) is 5.24. The topological polar surface area (TPSA) is 83.5 Å². The van der Waals surface area contributed by atoms with Crippen LogP contribution in [0.3, 0.4) is 0 Å². The van der Waals surface area contributed by atoms with E-state index in [1.807, 2.05) is 49.4 Å². The van der Waals surface area contributed by atoms with Gasteiger partial charge in [0.15, 0.2) is 0 Å². The molecule has 194 valence electrons. The number of ether oxygens (including phenoxy) is 1. The van der Waals surface area contributed by atoms with Gasteiger partial charge in [0.05, 0.1) is 11.8 Å². The van der Waals surface area contributed by atoms with Crippen LogP contribution in [0.15, 0.2) is 94.5 Å². The minimum absolute atomic E-state index is 0.305. The number of nitrogens with one attached hydrogen (secondary N) is 2. The lowest BCUT2D eigenvalue weighted by molar-refractivity contribution is 0.0734. The van der Waals surface area contributed by atoms with Gasteiger partial charge in [-0.3, -0.25) is 4.79 Å². The zero-order valence-electron chi connectivity index (χ0n) is 20.5. The van der Waals surface area contributed by atoms with Gasteiger partial charge in [0.1, 0.15) is 11.4 Å². The van der Waals surface area contributed by atoms with Crippen molar-refractivity contribution in [2.75, 3.05) is 0 Å². The van der Waals surface area contributed by atoms with E-state index in [2.05, 4.69) is 54.0 Å². The fraction of sp³-hybridized carbons (Fsp3) is 0.0333. The Morgan fingerprint density at radius 3 is 2.64 bits per heavy atom. The minimum atomic E-state index is -0.489. The fourth-order valence-electron chi connectivity index (χ4n) is 4.14. The summed E-state index contributed by atoms with van der Waals surface area (Å²) in [7, 11) is 0. The van der Waals surface area contributed by atoms with Crippen LogP contribution in [-0.2, 0) is 0 Å². The molecule has 0 bridgehead atoms. The highest BCUT2D eigenvalue weighted by Gasteiger charge is 2.21. The quantitative estimate of drug-likeness (QED) is 0.0613. The van der Waals surface area contributed by atoms with Crippen LogP contribution in [0, 0.1) is 10.5 Å². The molecule has 4 aromatic carbocycles. The highest BCUT2D eigenvalue weighted by Crippen LogP contribution is 2.37. The summed E-state index contributed by atoms with van der Waals surface area (Å²) in [5.41, 5.74) is 7.04. The summed E-state index contributed by atoms with van der Waals surface area (Å²) in [5.74, 6) is -0.628. The maximum Gasteiger partial charge on any atom is 0.343 e. The molecule has 0 saturated carbocycles.